The Kier molecular flexibility index (Phi) is 13.2. The van der Waals surface area contributed by atoms with Gasteiger partial charge in [0.25, 0.3) is 0 Å². The molecule has 4 fully saturated rings. The minimum atomic E-state index is -1.91. The number of ether oxygens (including phenoxy) is 9. The first-order valence-corrected chi connectivity index (χ1v) is 22.7. The van der Waals surface area contributed by atoms with Crippen LogP contribution in [0.3, 0.4) is 0 Å². The number of aliphatic hydroxyl groups excluding tert-OH is 1. The van der Waals surface area contributed by atoms with Crippen molar-refractivity contribution in [3.05, 3.63) is 215 Å². The highest BCUT2D eigenvalue weighted by Crippen LogP contribution is 2.62. The molecule has 6 aromatic rings. The van der Waals surface area contributed by atoms with Crippen molar-refractivity contribution in [2.24, 2.45) is 11.8 Å². The van der Waals surface area contributed by atoms with Gasteiger partial charge in [-0.2, -0.15) is 0 Å². The summed E-state index contributed by atoms with van der Waals surface area (Å²) >= 11 is 0. The van der Waals surface area contributed by atoms with E-state index in [0.29, 0.717) is 0 Å². The molecule has 10 rings (SSSR count). The lowest BCUT2D eigenvalue weighted by atomic mass is 10.0. The van der Waals surface area contributed by atoms with Crippen LogP contribution in [0.5, 0.6) is 0 Å². The molecule has 0 amide bonds. The molecule has 4 aliphatic rings. The fourth-order valence-corrected chi connectivity index (χ4v) is 9.43. The summed E-state index contributed by atoms with van der Waals surface area (Å²) in [5.41, 5.74) is -0.397. The first kappa shape index (κ1) is 45.7. The highest BCUT2D eigenvalue weighted by Gasteiger charge is 2.83. The van der Waals surface area contributed by atoms with Gasteiger partial charge in [0.2, 0.25) is 6.29 Å². The zero-order chi connectivity index (χ0) is 47.4. The van der Waals surface area contributed by atoms with Crippen molar-refractivity contribution in [2.75, 3.05) is 13.2 Å². The van der Waals surface area contributed by atoms with Crippen LogP contribution in [-0.2, 0) is 55.8 Å². The lowest BCUT2D eigenvalue weighted by Gasteiger charge is -2.38. The van der Waals surface area contributed by atoms with Crippen LogP contribution in [0.15, 0.2) is 182 Å². The minimum Gasteiger partial charge on any atom is -0.459 e. The van der Waals surface area contributed by atoms with E-state index in [4.69, 9.17) is 42.6 Å². The Morgan fingerprint density at radius 3 is 1.57 bits per heavy atom. The van der Waals surface area contributed by atoms with Crippen molar-refractivity contribution in [3.63, 3.8) is 0 Å². The summed E-state index contributed by atoms with van der Waals surface area (Å²) in [6.07, 6.45) is -9.25. The van der Waals surface area contributed by atoms with Crippen molar-refractivity contribution in [1.82, 2.24) is 0 Å². The number of esters is 4. The van der Waals surface area contributed by atoms with Crippen molar-refractivity contribution >= 4 is 23.9 Å². The molecular formula is C55H48O14. The molecule has 0 bridgehead atoms. The molecule has 0 aromatic heterocycles. The summed E-state index contributed by atoms with van der Waals surface area (Å²) in [5, 5.41) is 12.3. The lowest BCUT2D eigenvalue weighted by molar-refractivity contribution is -0.264. The highest BCUT2D eigenvalue weighted by atomic mass is 16.8. The molecule has 14 heteroatoms. The topological polar surface area (TPSA) is 172 Å². The second-order valence-electron chi connectivity index (χ2n) is 17.3. The summed E-state index contributed by atoms with van der Waals surface area (Å²) in [6.45, 7) is -0.157. The first-order chi connectivity index (χ1) is 33.7. The number of carbonyl (C=O) groups excluding carboxylic acids is 4. The molecule has 14 nitrogen and oxygen atoms in total. The van der Waals surface area contributed by atoms with Crippen LogP contribution in [0.1, 0.15) is 52.6 Å². The summed E-state index contributed by atoms with van der Waals surface area (Å²) in [4.78, 5) is 55.8. The molecular weight excluding hydrogens is 885 g/mol. The van der Waals surface area contributed by atoms with E-state index in [9.17, 15) is 24.3 Å². The van der Waals surface area contributed by atoms with Crippen molar-refractivity contribution in [2.45, 2.75) is 67.5 Å². The van der Waals surface area contributed by atoms with E-state index in [0.717, 1.165) is 11.1 Å². The molecule has 0 radical (unpaired) electrons. The van der Waals surface area contributed by atoms with Gasteiger partial charge in [0.1, 0.15) is 30.5 Å². The first-order valence-electron chi connectivity index (χ1n) is 22.7. The van der Waals surface area contributed by atoms with E-state index >= 15 is 0 Å². The van der Waals surface area contributed by atoms with Gasteiger partial charge in [0, 0.05) is 0 Å². The second-order valence-corrected chi connectivity index (χ2v) is 17.3. The highest BCUT2D eigenvalue weighted by molar-refractivity contribution is 5.92. The van der Waals surface area contributed by atoms with E-state index in [-0.39, 0.29) is 42.1 Å². The molecule has 2 saturated carbocycles. The third-order valence-corrected chi connectivity index (χ3v) is 13.0. The fourth-order valence-electron chi connectivity index (χ4n) is 9.43. The van der Waals surface area contributed by atoms with E-state index in [1.165, 1.54) is 0 Å². The van der Waals surface area contributed by atoms with Crippen LogP contribution in [-0.4, -0.2) is 96.5 Å². The maximum Gasteiger partial charge on any atom is 0.340 e. The zero-order valence-electron chi connectivity index (χ0n) is 37.1. The van der Waals surface area contributed by atoms with E-state index in [1.54, 1.807) is 121 Å². The van der Waals surface area contributed by atoms with E-state index in [2.05, 4.69) is 0 Å². The predicted octanol–water partition coefficient (Wildman–Crippen LogP) is 7.15. The van der Waals surface area contributed by atoms with Gasteiger partial charge in [-0.05, 0) is 59.7 Å². The Morgan fingerprint density at radius 2 is 1.01 bits per heavy atom. The van der Waals surface area contributed by atoms with Crippen LogP contribution in [0.25, 0.3) is 0 Å². The Morgan fingerprint density at radius 1 is 0.536 bits per heavy atom. The summed E-state index contributed by atoms with van der Waals surface area (Å²) < 4.78 is 57.4. The van der Waals surface area contributed by atoms with Gasteiger partial charge >= 0.3 is 23.9 Å². The normalized spacial score (nSPS) is 28.4. The number of hydrogen-bond acceptors (Lipinski definition) is 14. The quantitative estimate of drug-likeness (QED) is 0.0722. The van der Waals surface area contributed by atoms with Crippen molar-refractivity contribution in [3.8, 4) is 0 Å². The van der Waals surface area contributed by atoms with Gasteiger partial charge in [-0.1, -0.05) is 133 Å². The molecule has 352 valence electrons. The van der Waals surface area contributed by atoms with Gasteiger partial charge in [-0.3, -0.25) is 0 Å². The van der Waals surface area contributed by atoms with Gasteiger partial charge in [0.05, 0.1) is 60.0 Å². The van der Waals surface area contributed by atoms with Crippen LogP contribution in [0, 0.1) is 11.8 Å². The van der Waals surface area contributed by atoms with Gasteiger partial charge in [-0.25, -0.2) is 19.2 Å². The number of rotatable bonds is 17. The Balaban J connectivity index is 1.00. The Bertz CT molecular complexity index is 2710. The molecule has 8 unspecified atom stereocenters. The fraction of sp³-hybridized carbons (Fsp3) is 0.273. The average molecular weight is 933 g/mol. The number of fused-ring (bicyclic) bond motifs is 2. The Hall–Kier alpha value is -7.04. The van der Waals surface area contributed by atoms with Crippen LogP contribution >= 0.6 is 0 Å². The molecule has 2 saturated heterocycles. The molecule has 6 aromatic carbocycles. The van der Waals surface area contributed by atoms with Gasteiger partial charge in [0.15, 0.2) is 18.0 Å². The monoisotopic (exact) mass is 932 g/mol. The molecule has 0 spiro atoms. The average Bonchev–Trinajstić information content (AvgIpc) is 4.27. The Labute approximate surface area is 397 Å². The summed E-state index contributed by atoms with van der Waals surface area (Å²) in [5.74, 6) is -4.96. The van der Waals surface area contributed by atoms with Crippen molar-refractivity contribution < 1.29 is 66.9 Å². The number of hydrogen-bond donors (Lipinski definition) is 1. The minimum absolute atomic E-state index is 0.0573. The van der Waals surface area contributed by atoms with E-state index < -0.39 is 96.6 Å². The molecule has 1 N–H and O–H groups in total. The maximum absolute atomic E-state index is 14.3. The van der Waals surface area contributed by atoms with Gasteiger partial charge in [-0.15, -0.1) is 0 Å². The van der Waals surface area contributed by atoms with Crippen LogP contribution in [0.2, 0.25) is 0 Å². The second kappa shape index (κ2) is 19.9. The molecule has 69 heavy (non-hydrogen) atoms. The summed E-state index contributed by atoms with van der Waals surface area (Å²) in [6, 6.07) is 51.9. The maximum atomic E-state index is 14.3. The predicted molar refractivity (Wildman–Crippen MR) is 244 cm³/mol. The molecule has 2 aliphatic carbocycles. The van der Waals surface area contributed by atoms with Crippen LogP contribution in [0.4, 0.5) is 0 Å². The SMILES string of the molecule is O=C(OCC1O[C@@H](OC(=O)c2ccccc2)C(OC(=O)c2ccccc2)C2C(O[C@H]3OCC4(OCc5ccccc5)C(OCc5ccccc5)C4C3O)[C@@]12OC(=O)c1ccccc1)c1ccccc1. The van der Waals surface area contributed by atoms with E-state index in [1.807, 2.05) is 60.7 Å². The molecule has 11 atom stereocenters. The van der Waals surface area contributed by atoms with Gasteiger partial charge < -0.3 is 47.7 Å². The lowest BCUT2D eigenvalue weighted by Crippen LogP contribution is -2.55. The number of aliphatic hydroxyl groups is 1. The molecule has 2 aliphatic heterocycles. The molecule has 2 heterocycles. The van der Waals surface area contributed by atoms with Crippen molar-refractivity contribution in [1.29, 1.82) is 0 Å². The third-order valence-electron chi connectivity index (χ3n) is 13.0. The zero-order valence-corrected chi connectivity index (χ0v) is 37.1. The van der Waals surface area contributed by atoms with Crippen LogP contribution < -0.4 is 0 Å². The standard InChI is InChI=1S/C55H48O14/c56-44-42-46(61-31-35-19-7-1-8-20-35)54(42,64-32-36-21-9-2-10-22-36)34-63-52(44)67-47-43-45(66-49(58)38-25-13-4-14-26-38)53(68-50(59)39-27-15-5-16-28-39)65-41(33-62-48(57)37-23-11-3-12-24-37)55(43,47)69-51(60)40-29-17-6-18-30-40/h1-30,41-47,52-53,56H,31-34H2/t41?,42?,43?,44?,45?,46?,47?,52-,53+,54?,55-/m1/s1. The largest absolute Gasteiger partial charge is 0.459 e. The number of carbonyl (C=O) groups is 4. The summed E-state index contributed by atoms with van der Waals surface area (Å²) in [7, 11) is 0. The smallest absolute Gasteiger partial charge is 0.340 e. The number of benzene rings is 6. The third kappa shape index (κ3) is 9.42.